The van der Waals surface area contributed by atoms with E-state index in [0.29, 0.717) is 23.6 Å². The summed E-state index contributed by atoms with van der Waals surface area (Å²) in [7, 11) is -1.79. The highest BCUT2D eigenvalue weighted by molar-refractivity contribution is 7.89. The molecular weight excluding hydrogens is 412 g/mol. The first-order chi connectivity index (χ1) is 15.1. The van der Waals surface area contributed by atoms with Crippen molar-refractivity contribution in [1.82, 2.24) is 19.5 Å². The molecule has 31 heavy (non-hydrogen) atoms. The Morgan fingerprint density at radius 3 is 2.48 bits per heavy atom. The maximum absolute atomic E-state index is 12.8. The third-order valence-electron chi connectivity index (χ3n) is 5.67. The molecule has 7 nitrogen and oxygen atoms in total. The molecule has 1 N–H and O–H groups in total. The molecule has 3 heterocycles. The molecule has 4 aromatic rings. The first kappa shape index (κ1) is 19.7. The summed E-state index contributed by atoms with van der Waals surface area (Å²) in [5.41, 5.74) is 4.09. The van der Waals surface area contributed by atoms with Crippen LogP contribution in [0.5, 0.6) is 5.75 Å². The lowest BCUT2D eigenvalue weighted by Crippen LogP contribution is -2.27. The number of benzene rings is 2. The normalized spacial score (nSPS) is 14.9. The van der Waals surface area contributed by atoms with Crippen LogP contribution in [0.1, 0.15) is 12.8 Å². The first-order valence-electron chi connectivity index (χ1n) is 10.2. The summed E-state index contributed by atoms with van der Waals surface area (Å²) in [6.07, 6.45) is 3.60. The van der Waals surface area contributed by atoms with Gasteiger partial charge in [-0.25, -0.2) is 13.4 Å². The van der Waals surface area contributed by atoms with Crippen LogP contribution in [-0.4, -0.2) is 48.1 Å². The molecular formula is C23H22N4O3S. The van der Waals surface area contributed by atoms with Crippen LogP contribution in [0, 0.1) is 0 Å². The molecule has 0 radical (unpaired) electrons. The number of aromatic amines is 1. The Kier molecular flexibility index (Phi) is 4.95. The maximum Gasteiger partial charge on any atom is 0.243 e. The number of fused-ring (bicyclic) bond motifs is 1. The van der Waals surface area contributed by atoms with E-state index in [-0.39, 0.29) is 0 Å². The summed E-state index contributed by atoms with van der Waals surface area (Å²) in [5.74, 6) is 0.734. The minimum atomic E-state index is -3.43. The van der Waals surface area contributed by atoms with Gasteiger partial charge in [-0.15, -0.1) is 0 Å². The second kappa shape index (κ2) is 7.79. The van der Waals surface area contributed by atoms with Crippen LogP contribution in [0.15, 0.2) is 65.7 Å². The molecule has 158 valence electrons. The van der Waals surface area contributed by atoms with E-state index < -0.39 is 10.0 Å². The van der Waals surface area contributed by atoms with Crippen LogP contribution in [-0.2, 0) is 10.0 Å². The van der Waals surface area contributed by atoms with Crippen LogP contribution >= 0.6 is 0 Å². The largest absolute Gasteiger partial charge is 0.496 e. The SMILES string of the molecule is COc1ccccc1-c1n[nH]c2ncc(-c3ccc(S(=O)(=O)N4CCCC4)cc3)cc12. The third kappa shape index (κ3) is 3.47. The maximum atomic E-state index is 12.8. The highest BCUT2D eigenvalue weighted by atomic mass is 32.2. The number of methoxy groups -OCH3 is 1. The van der Waals surface area contributed by atoms with E-state index in [1.165, 1.54) is 0 Å². The number of nitrogens with one attached hydrogen (secondary N) is 1. The van der Waals surface area contributed by atoms with Gasteiger partial charge in [0.25, 0.3) is 0 Å². The highest BCUT2D eigenvalue weighted by Crippen LogP contribution is 2.34. The molecule has 0 spiro atoms. The van der Waals surface area contributed by atoms with Crippen molar-refractivity contribution in [3.63, 3.8) is 0 Å². The number of pyridine rings is 1. The van der Waals surface area contributed by atoms with Crippen LogP contribution < -0.4 is 4.74 Å². The van der Waals surface area contributed by atoms with Gasteiger partial charge in [0, 0.05) is 35.8 Å². The topological polar surface area (TPSA) is 88.2 Å². The summed E-state index contributed by atoms with van der Waals surface area (Å²) < 4.78 is 32.6. The Hall–Kier alpha value is -3.23. The molecule has 2 aromatic carbocycles. The first-order valence-corrected chi connectivity index (χ1v) is 11.6. The smallest absolute Gasteiger partial charge is 0.243 e. The molecule has 1 saturated heterocycles. The number of hydrogen-bond acceptors (Lipinski definition) is 5. The third-order valence-corrected chi connectivity index (χ3v) is 7.58. The average Bonchev–Trinajstić information content (AvgIpc) is 3.49. The van der Waals surface area contributed by atoms with Gasteiger partial charge >= 0.3 is 0 Å². The Balaban J connectivity index is 1.52. The van der Waals surface area contributed by atoms with Crippen molar-refractivity contribution in [2.45, 2.75) is 17.7 Å². The Morgan fingerprint density at radius 1 is 1.00 bits per heavy atom. The van der Waals surface area contributed by atoms with Crippen molar-refractivity contribution >= 4 is 21.1 Å². The van der Waals surface area contributed by atoms with E-state index in [4.69, 9.17) is 4.74 Å². The molecule has 0 saturated carbocycles. The molecule has 1 aliphatic heterocycles. The Labute approximate surface area is 180 Å². The van der Waals surface area contributed by atoms with Crippen molar-refractivity contribution in [3.05, 3.63) is 60.8 Å². The van der Waals surface area contributed by atoms with Crippen LogP contribution in [0.25, 0.3) is 33.4 Å². The fourth-order valence-electron chi connectivity index (χ4n) is 4.00. The number of para-hydroxylation sites is 1. The van der Waals surface area contributed by atoms with E-state index in [9.17, 15) is 8.42 Å². The van der Waals surface area contributed by atoms with Gasteiger partial charge in [0.1, 0.15) is 11.4 Å². The van der Waals surface area contributed by atoms with Crippen molar-refractivity contribution in [3.8, 4) is 28.1 Å². The van der Waals surface area contributed by atoms with E-state index in [2.05, 4.69) is 15.2 Å². The molecule has 0 amide bonds. The lowest BCUT2D eigenvalue weighted by Gasteiger charge is -2.15. The van der Waals surface area contributed by atoms with Gasteiger partial charge in [-0.05, 0) is 48.7 Å². The lowest BCUT2D eigenvalue weighted by molar-refractivity contribution is 0.416. The van der Waals surface area contributed by atoms with Gasteiger partial charge < -0.3 is 4.74 Å². The Morgan fingerprint density at radius 2 is 1.74 bits per heavy atom. The number of hydrogen-bond donors (Lipinski definition) is 1. The summed E-state index contributed by atoms with van der Waals surface area (Å²) in [6.45, 7) is 1.19. The van der Waals surface area contributed by atoms with E-state index in [1.807, 2.05) is 42.5 Å². The van der Waals surface area contributed by atoms with Gasteiger partial charge in [-0.1, -0.05) is 24.3 Å². The fourth-order valence-corrected chi connectivity index (χ4v) is 5.52. The second-order valence-electron chi connectivity index (χ2n) is 7.53. The number of H-pyrrole nitrogens is 1. The van der Waals surface area contributed by atoms with Gasteiger partial charge in [-0.2, -0.15) is 9.40 Å². The average molecular weight is 435 g/mol. The quantitative estimate of drug-likeness (QED) is 0.511. The van der Waals surface area contributed by atoms with E-state index in [1.54, 1.807) is 29.7 Å². The minimum absolute atomic E-state index is 0.324. The predicted octanol–water partition coefficient (Wildman–Crippen LogP) is 4.09. The summed E-state index contributed by atoms with van der Waals surface area (Å²) in [5, 5.41) is 8.29. The van der Waals surface area contributed by atoms with Gasteiger partial charge in [0.05, 0.1) is 12.0 Å². The molecule has 0 atom stereocenters. The molecule has 8 heteroatoms. The molecule has 0 aliphatic carbocycles. The molecule has 1 aliphatic rings. The number of ether oxygens (including phenoxy) is 1. The standard InChI is InChI=1S/C23H22N4O3S/c1-30-21-7-3-2-6-19(21)22-20-14-17(15-24-23(20)26-25-22)16-8-10-18(11-9-16)31(28,29)27-12-4-5-13-27/h2-3,6-11,14-15H,4-5,12-13H2,1H3,(H,24,25,26). The zero-order chi connectivity index (χ0) is 21.4. The number of nitrogens with zero attached hydrogens (tertiary/aromatic N) is 3. The van der Waals surface area contributed by atoms with Gasteiger partial charge in [0.15, 0.2) is 5.65 Å². The number of sulfonamides is 1. The monoisotopic (exact) mass is 434 g/mol. The summed E-state index contributed by atoms with van der Waals surface area (Å²) in [6, 6.07) is 16.7. The molecule has 2 aromatic heterocycles. The summed E-state index contributed by atoms with van der Waals surface area (Å²) >= 11 is 0. The zero-order valence-electron chi connectivity index (χ0n) is 17.1. The molecule has 5 rings (SSSR count). The summed E-state index contributed by atoms with van der Waals surface area (Å²) in [4.78, 5) is 4.83. The number of aromatic nitrogens is 3. The van der Waals surface area contributed by atoms with E-state index in [0.717, 1.165) is 46.4 Å². The van der Waals surface area contributed by atoms with Crippen molar-refractivity contribution in [2.24, 2.45) is 0 Å². The fraction of sp³-hybridized carbons (Fsp3) is 0.217. The van der Waals surface area contributed by atoms with Crippen LogP contribution in [0.3, 0.4) is 0 Å². The van der Waals surface area contributed by atoms with E-state index >= 15 is 0 Å². The van der Waals surface area contributed by atoms with Crippen molar-refractivity contribution in [2.75, 3.05) is 20.2 Å². The van der Waals surface area contributed by atoms with Gasteiger partial charge in [0.2, 0.25) is 10.0 Å². The Bertz CT molecular complexity index is 1340. The molecule has 0 unspecified atom stereocenters. The highest BCUT2D eigenvalue weighted by Gasteiger charge is 2.27. The zero-order valence-corrected chi connectivity index (χ0v) is 17.9. The molecule has 1 fully saturated rings. The van der Waals surface area contributed by atoms with Crippen molar-refractivity contribution in [1.29, 1.82) is 0 Å². The lowest BCUT2D eigenvalue weighted by atomic mass is 10.0. The second-order valence-corrected chi connectivity index (χ2v) is 9.47. The van der Waals surface area contributed by atoms with Crippen LogP contribution in [0.4, 0.5) is 0 Å². The predicted molar refractivity (Wildman–Crippen MR) is 119 cm³/mol. The number of rotatable bonds is 5. The molecule has 0 bridgehead atoms. The van der Waals surface area contributed by atoms with Crippen LogP contribution in [0.2, 0.25) is 0 Å². The van der Waals surface area contributed by atoms with Crippen molar-refractivity contribution < 1.29 is 13.2 Å². The van der Waals surface area contributed by atoms with Gasteiger partial charge in [-0.3, -0.25) is 5.10 Å². The minimum Gasteiger partial charge on any atom is -0.496 e.